The topological polar surface area (TPSA) is 41.6 Å². The molecule has 0 bridgehead atoms. The number of carbonyl (C=O) groups is 1. The molecule has 0 atom stereocenters. The van der Waals surface area contributed by atoms with Gasteiger partial charge in [-0.05, 0) is 33.6 Å². The third-order valence-corrected chi connectivity index (χ3v) is 5.54. The van der Waals surface area contributed by atoms with Crippen molar-refractivity contribution in [2.75, 3.05) is 26.2 Å². The lowest BCUT2D eigenvalue weighted by Crippen LogP contribution is -2.48. The average Bonchev–Trinajstić information content (AvgIpc) is 3.14. The normalized spacial score (nSPS) is 15.7. The van der Waals surface area contributed by atoms with Crippen LogP contribution in [-0.2, 0) is 13.6 Å². The van der Waals surface area contributed by atoms with E-state index in [0.29, 0.717) is 10.4 Å². The highest BCUT2D eigenvalue weighted by Gasteiger charge is 2.25. The molecule has 136 valence electrons. The summed E-state index contributed by atoms with van der Waals surface area (Å²) in [6, 6.07) is 11.6. The number of nitrogens with zero attached hydrogens (tertiary/aromatic N) is 3. The number of furan rings is 1. The number of hydrogen-bond acceptors (Lipinski definition) is 3. The number of piperazine rings is 1. The molecule has 7 heteroatoms. The highest BCUT2D eigenvalue weighted by molar-refractivity contribution is 9.10. The molecular formula is C19H19BrClN3O2. The zero-order valence-electron chi connectivity index (χ0n) is 14.4. The van der Waals surface area contributed by atoms with Gasteiger partial charge in [0.2, 0.25) is 0 Å². The van der Waals surface area contributed by atoms with Crippen molar-refractivity contribution >= 4 is 44.5 Å². The van der Waals surface area contributed by atoms with Crippen molar-refractivity contribution in [3.63, 3.8) is 0 Å². The first kappa shape index (κ1) is 17.6. The Bertz CT molecular complexity index is 940. The van der Waals surface area contributed by atoms with Crippen molar-refractivity contribution in [3.05, 3.63) is 57.3 Å². The van der Waals surface area contributed by atoms with Gasteiger partial charge in [0, 0.05) is 56.9 Å². The fourth-order valence-corrected chi connectivity index (χ4v) is 3.92. The van der Waals surface area contributed by atoms with Crippen LogP contribution in [0.25, 0.3) is 11.1 Å². The second kappa shape index (κ2) is 7.10. The summed E-state index contributed by atoms with van der Waals surface area (Å²) in [6.45, 7) is 4.05. The molecule has 4 rings (SSSR count). The molecule has 1 fully saturated rings. The molecule has 26 heavy (non-hydrogen) atoms. The molecule has 0 aliphatic carbocycles. The maximum Gasteiger partial charge on any atom is 0.270 e. The van der Waals surface area contributed by atoms with E-state index >= 15 is 0 Å². The third kappa shape index (κ3) is 3.41. The van der Waals surface area contributed by atoms with E-state index in [2.05, 4.69) is 33.0 Å². The lowest BCUT2D eigenvalue weighted by atomic mass is 10.2. The van der Waals surface area contributed by atoms with Gasteiger partial charge in [-0.25, -0.2) is 0 Å². The van der Waals surface area contributed by atoms with Crippen molar-refractivity contribution in [2.24, 2.45) is 7.05 Å². The maximum atomic E-state index is 12.9. The number of aromatic nitrogens is 1. The quantitative estimate of drug-likeness (QED) is 0.619. The summed E-state index contributed by atoms with van der Waals surface area (Å²) < 4.78 is 8.14. The molecule has 0 N–H and O–H groups in total. The predicted molar refractivity (Wildman–Crippen MR) is 106 cm³/mol. The van der Waals surface area contributed by atoms with Crippen LogP contribution >= 0.6 is 27.5 Å². The second-order valence-corrected chi connectivity index (χ2v) is 7.80. The van der Waals surface area contributed by atoms with Crippen LogP contribution in [-0.4, -0.2) is 46.5 Å². The number of benzene rings is 1. The molecule has 2 aromatic heterocycles. The van der Waals surface area contributed by atoms with Crippen LogP contribution in [0.15, 0.2) is 45.5 Å². The van der Waals surface area contributed by atoms with Gasteiger partial charge >= 0.3 is 0 Å². The van der Waals surface area contributed by atoms with Crippen LogP contribution in [0.5, 0.6) is 0 Å². The van der Waals surface area contributed by atoms with Gasteiger partial charge in [-0.1, -0.05) is 23.7 Å². The lowest BCUT2D eigenvalue weighted by molar-refractivity contribution is 0.0619. The fourth-order valence-electron chi connectivity index (χ4n) is 3.41. The van der Waals surface area contributed by atoms with E-state index in [4.69, 9.17) is 16.0 Å². The molecule has 0 spiro atoms. The average molecular weight is 437 g/mol. The van der Waals surface area contributed by atoms with Gasteiger partial charge in [0.15, 0.2) is 10.3 Å². The van der Waals surface area contributed by atoms with Crippen molar-refractivity contribution in [1.82, 2.24) is 14.4 Å². The van der Waals surface area contributed by atoms with Gasteiger partial charge < -0.3 is 13.9 Å². The van der Waals surface area contributed by atoms with Crippen molar-refractivity contribution in [3.8, 4) is 0 Å². The molecule has 0 radical (unpaired) electrons. The molecule has 1 aromatic carbocycles. The molecule has 1 aliphatic heterocycles. The second-order valence-electron chi connectivity index (χ2n) is 6.58. The number of carbonyl (C=O) groups excluding carboxylic acids is 1. The van der Waals surface area contributed by atoms with E-state index in [0.717, 1.165) is 48.8 Å². The van der Waals surface area contributed by atoms with Gasteiger partial charge in [-0.15, -0.1) is 0 Å². The Morgan fingerprint density at radius 1 is 1.15 bits per heavy atom. The Kier molecular flexibility index (Phi) is 4.82. The number of amides is 1. The van der Waals surface area contributed by atoms with Gasteiger partial charge in [-0.3, -0.25) is 9.69 Å². The van der Waals surface area contributed by atoms with Crippen molar-refractivity contribution < 1.29 is 9.21 Å². The molecule has 1 aliphatic rings. The summed E-state index contributed by atoms with van der Waals surface area (Å²) in [6.07, 6.45) is 0. The highest BCUT2D eigenvalue weighted by atomic mass is 79.9. The zero-order valence-corrected chi connectivity index (χ0v) is 16.8. The van der Waals surface area contributed by atoms with Gasteiger partial charge in [0.1, 0.15) is 5.69 Å². The zero-order chi connectivity index (χ0) is 18.3. The number of halogens is 2. The van der Waals surface area contributed by atoms with Crippen LogP contribution < -0.4 is 0 Å². The molecule has 1 amide bonds. The fraction of sp³-hybridized carbons (Fsp3) is 0.316. The number of hydrogen-bond donors (Lipinski definition) is 0. The highest BCUT2D eigenvalue weighted by Crippen LogP contribution is 2.27. The Labute approximate surface area is 165 Å². The molecular weight excluding hydrogens is 418 g/mol. The van der Waals surface area contributed by atoms with Crippen LogP contribution in [0, 0.1) is 0 Å². The van der Waals surface area contributed by atoms with E-state index in [1.165, 1.54) is 5.56 Å². The first-order chi connectivity index (χ1) is 12.5. The van der Waals surface area contributed by atoms with E-state index in [-0.39, 0.29) is 5.91 Å². The summed E-state index contributed by atoms with van der Waals surface area (Å²) in [4.78, 5) is 17.2. The number of aryl methyl sites for hydroxylation is 1. The van der Waals surface area contributed by atoms with E-state index in [1.807, 2.05) is 40.8 Å². The number of fused-ring (bicyclic) bond motifs is 1. The molecule has 3 heterocycles. The van der Waals surface area contributed by atoms with E-state index in [9.17, 15) is 4.79 Å². The molecule has 1 saturated heterocycles. The standard InChI is InChI=1S/C19H19BrClN3O2/c1-22-15-11-18(20)26-17(15)10-16(22)19(25)24-8-6-23(7-9-24)12-13-2-4-14(21)5-3-13/h2-5,10-11H,6-9,12H2,1H3. The maximum absolute atomic E-state index is 12.9. The van der Waals surface area contributed by atoms with Gasteiger partial charge in [0.05, 0.1) is 5.52 Å². The smallest absolute Gasteiger partial charge is 0.270 e. The van der Waals surface area contributed by atoms with Gasteiger partial charge in [0.25, 0.3) is 5.91 Å². The number of rotatable bonds is 3. The van der Waals surface area contributed by atoms with Crippen LogP contribution in [0.3, 0.4) is 0 Å². The monoisotopic (exact) mass is 435 g/mol. The first-order valence-electron chi connectivity index (χ1n) is 8.52. The molecule has 3 aromatic rings. The van der Waals surface area contributed by atoms with E-state index in [1.54, 1.807) is 0 Å². The summed E-state index contributed by atoms with van der Waals surface area (Å²) in [5, 5.41) is 0.754. The minimum absolute atomic E-state index is 0.0566. The minimum Gasteiger partial charge on any atom is -0.448 e. The predicted octanol–water partition coefficient (Wildman–Crippen LogP) is 4.15. The molecule has 0 saturated carbocycles. The first-order valence-corrected chi connectivity index (χ1v) is 9.69. The molecule has 0 unspecified atom stereocenters. The van der Waals surface area contributed by atoms with E-state index < -0.39 is 0 Å². The Morgan fingerprint density at radius 3 is 2.50 bits per heavy atom. The van der Waals surface area contributed by atoms with Crippen LogP contribution in [0.2, 0.25) is 5.02 Å². The van der Waals surface area contributed by atoms with Gasteiger partial charge in [-0.2, -0.15) is 0 Å². The lowest BCUT2D eigenvalue weighted by Gasteiger charge is -2.34. The summed E-state index contributed by atoms with van der Waals surface area (Å²) in [5.74, 6) is 0.0566. The summed E-state index contributed by atoms with van der Waals surface area (Å²) in [7, 11) is 1.90. The Hall–Kier alpha value is -1.76. The van der Waals surface area contributed by atoms with Crippen LogP contribution in [0.4, 0.5) is 0 Å². The minimum atomic E-state index is 0.0566. The summed E-state index contributed by atoms with van der Waals surface area (Å²) >= 11 is 9.27. The molecule has 5 nitrogen and oxygen atoms in total. The summed E-state index contributed by atoms with van der Waals surface area (Å²) in [5.41, 5.74) is 3.55. The van der Waals surface area contributed by atoms with Crippen molar-refractivity contribution in [1.29, 1.82) is 0 Å². The van der Waals surface area contributed by atoms with Crippen molar-refractivity contribution in [2.45, 2.75) is 6.54 Å². The van der Waals surface area contributed by atoms with Crippen LogP contribution in [0.1, 0.15) is 16.1 Å². The SMILES string of the molecule is Cn1c(C(=O)N2CCN(Cc3ccc(Cl)cc3)CC2)cc2oc(Br)cc21. The largest absolute Gasteiger partial charge is 0.448 e. The Balaban J connectivity index is 1.40. The third-order valence-electron chi connectivity index (χ3n) is 4.90. The Morgan fingerprint density at radius 2 is 1.85 bits per heavy atom.